The third-order valence-electron chi connectivity index (χ3n) is 3.84. The van der Waals surface area contributed by atoms with Crippen molar-refractivity contribution in [3.05, 3.63) is 23.7 Å². The number of esters is 1. The standard InChI is InChI=1S/C15H24N2O3/c1-11(2)17(9-12-5-4-7-16-12)10-14-13(6-8-20-14)15(18)19-3/h6,8,11-12,16H,4-5,7,9-10H2,1-3H3. The molecule has 0 bridgehead atoms. The zero-order chi connectivity index (χ0) is 14.5. The van der Waals surface area contributed by atoms with Crippen molar-refractivity contribution in [3.63, 3.8) is 0 Å². The second-order valence-corrected chi connectivity index (χ2v) is 5.57. The van der Waals surface area contributed by atoms with Gasteiger partial charge in [0.25, 0.3) is 0 Å². The van der Waals surface area contributed by atoms with Crippen LogP contribution in [0, 0.1) is 0 Å². The van der Waals surface area contributed by atoms with Gasteiger partial charge in [0.05, 0.1) is 19.9 Å². The number of ether oxygens (including phenoxy) is 1. The van der Waals surface area contributed by atoms with E-state index in [1.165, 1.54) is 20.0 Å². The molecule has 1 unspecified atom stereocenters. The Kier molecular flexibility index (Phi) is 5.20. The van der Waals surface area contributed by atoms with E-state index in [0.717, 1.165) is 13.1 Å². The maximum Gasteiger partial charge on any atom is 0.341 e. The minimum atomic E-state index is -0.337. The Morgan fingerprint density at radius 3 is 3.00 bits per heavy atom. The Hall–Kier alpha value is -1.33. The van der Waals surface area contributed by atoms with E-state index in [0.29, 0.717) is 30.0 Å². The summed E-state index contributed by atoms with van der Waals surface area (Å²) in [5.74, 6) is 0.347. The van der Waals surface area contributed by atoms with E-state index < -0.39 is 0 Å². The number of methoxy groups -OCH3 is 1. The highest BCUT2D eigenvalue weighted by atomic mass is 16.5. The predicted octanol–water partition coefficient (Wildman–Crippen LogP) is 2.03. The smallest absolute Gasteiger partial charge is 0.341 e. The number of nitrogens with zero attached hydrogens (tertiary/aromatic N) is 1. The molecule has 0 radical (unpaired) electrons. The van der Waals surface area contributed by atoms with Gasteiger partial charge in [-0.1, -0.05) is 0 Å². The van der Waals surface area contributed by atoms with Crippen LogP contribution in [-0.4, -0.2) is 43.2 Å². The van der Waals surface area contributed by atoms with E-state index in [2.05, 4.69) is 24.1 Å². The summed E-state index contributed by atoms with van der Waals surface area (Å²) in [6, 6.07) is 2.61. The summed E-state index contributed by atoms with van der Waals surface area (Å²) >= 11 is 0. The fraction of sp³-hybridized carbons (Fsp3) is 0.667. The normalized spacial score (nSPS) is 18.9. The second-order valence-electron chi connectivity index (χ2n) is 5.57. The Morgan fingerprint density at radius 1 is 1.60 bits per heavy atom. The van der Waals surface area contributed by atoms with Gasteiger partial charge in [-0.25, -0.2) is 4.79 Å². The van der Waals surface area contributed by atoms with Gasteiger partial charge in [0.1, 0.15) is 11.3 Å². The minimum absolute atomic E-state index is 0.337. The summed E-state index contributed by atoms with van der Waals surface area (Å²) in [4.78, 5) is 14.0. The summed E-state index contributed by atoms with van der Waals surface area (Å²) in [7, 11) is 1.39. The maximum atomic E-state index is 11.7. The van der Waals surface area contributed by atoms with Crippen molar-refractivity contribution in [1.29, 1.82) is 0 Å². The van der Waals surface area contributed by atoms with E-state index in [-0.39, 0.29) is 5.97 Å². The van der Waals surface area contributed by atoms with Gasteiger partial charge in [0, 0.05) is 18.6 Å². The molecule has 1 aliphatic heterocycles. The van der Waals surface area contributed by atoms with E-state index in [9.17, 15) is 4.79 Å². The second kappa shape index (κ2) is 6.90. The number of rotatable bonds is 6. The zero-order valence-electron chi connectivity index (χ0n) is 12.5. The average Bonchev–Trinajstić information content (AvgIpc) is 3.08. The van der Waals surface area contributed by atoms with Crippen LogP contribution in [-0.2, 0) is 11.3 Å². The average molecular weight is 280 g/mol. The molecule has 1 aromatic rings. The first-order chi connectivity index (χ1) is 9.61. The number of nitrogens with one attached hydrogen (secondary N) is 1. The van der Waals surface area contributed by atoms with Crippen LogP contribution in [0.1, 0.15) is 42.8 Å². The molecule has 1 atom stereocenters. The minimum Gasteiger partial charge on any atom is -0.467 e. The highest BCUT2D eigenvalue weighted by molar-refractivity contribution is 5.90. The molecule has 0 saturated carbocycles. The molecule has 1 aliphatic rings. The molecule has 2 rings (SSSR count). The molecule has 0 aromatic carbocycles. The van der Waals surface area contributed by atoms with Crippen LogP contribution in [0.3, 0.4) is 0 Å². The van der Waals surface area contributed by atoms with Crippen molar-refractivity contribution in [2.24, 2.45) is 0 Å². The van der Waals surface area contributed by atoms with Crippen molar-refractivity contribution in [2.45, 2.75) is 45.3 Å². The lowest BCUT2D eigenvalue weighted by Gasteiger charge is -2.28. The SMILES string of the molecule is COC(=O)c1ccoc1CN(CC1CCCN1)C(C)C. The van der Waals surface area contributed by atoms with E-state index in [1.54, 1.807) is 12.3 Å². The molecule has 1 saturated heterocycles. The van der Waals surface area contributed by atoms with Crippen LogP contribution in [0.2, 0.25) is 0 Å². The van der Waals surface area contributed by atoms with Gasteiger partial charge >= 0.3 is 5.97 Å². The Labute approximate surface area is 120 Å². The summed E-state index contributed by atoms with van der Waals surface area (Å²) < 4.78 is 10.3. The first-order valence-corrected chi connectivity index (χ1v) is 7.24. The number of hydrogen-bond donors (Lipinski definition) is 1. The van der Waals surface area contributed by atoms with Gasteiger partial charge in [-0.15, -0.1) is 0 Å². The third kappa shape index (κ3) is 3.61. The van der Waals surface area contributed by atoms with E-state index in [4.69, 9.17) is 9.15 Å². The monoisotopic (exact) mass is 280 g/mol. The van der Waals surface area contributed by atoms with Crippen molar-refractivity contribution >= 4 is 5.97 Å². The number of hydrogen-bond acceptors (Lipinski definition) is 5. The van der Waals surface area contributed by atoms with E-state index in [1.807, 2.05) is 0 Å². The summed E-state index contributed by atoms with van der Waals surface area (Å²) in [6.45, 7) is 7.03. The number of furan rings is 1. The molecule has 112 valence electrons. The lowest BCUT2D eigenvalue weighted by molar-refractivity contribution is 0.0595. The molecule has 20 heavy (non-hydrogen) atoms. The molecule has 1 fully saturated rings. The fourth-order valence-corrected chi connectivity index (χ4v) is 2.59. The number of carbonyl (C=O) groups excluding carboxylic acids is 1. The fourth-order valence-electron chi connectivity index (χ4n) is 2.59. The lowest BCUT2D eigenvalue weighted by atomic mass is 10.1. The molecule has 5 heteroatoms. The molecule has 0 aliphatic carbocycles. The van der Waals surface area contributed by atoms with Crippen LogP contribution in [0.25, 0.3) is 0 Å². The Morgan fingerprint density at radius 2 is 2.40 bits per heavy atom. The van der Waals surface area contributed by atoms with Crippen LogP contribution < -0.4 is 5.32 Å². The maximum absolute atomic E-state index is 11.7. The Bertz CT molecular complexity index is 436. The van der Waals surface area contributed by atoms with Crippen LogP contribution in [0.5, 0.6) is 0 Å². The van der Waals surface area contributed by atoms with Crippen LogP contribution >= 0.6 is 0 Å². The molecule has 5 nitrogen and oxygen atoms in total. The molecule has 2 heterocycles. The molecule has 0 spiro atoms. The van der Waals surface area contributed by atoms with Gasteiger partial charge in [0.15, 0.2) is 0 Å². The quantitative estimate of drug-likeness (QED) is 0.808. The van der Waals surface area contributed by atoms with Gasteiger partial charge in [-0.3, -0.25) is 4.90 Å². The van der Waals surface area contributed by atoms with Crippen molar-refractivity contribution < 1.29 is 13.9 Å². The van der Waals surface area contributed by atoms with E-state index >= 15 is 0 Å². The highest BCUT2D eigenvalue weighted by Crippen LogP contribution is 2.17. The van der Waals surface area contributed by atoms with Crippen molar-refractivity contribution in [3.8, 4) is 0 Å². The van der Waals surface area contributed by atoms with Crippen LogP contribution in [0.15, 0.2) is 16.7 Å². The lowest BCUT2D eigenvalue weighted by Crippen LogP contribution is -2.40. The summed E-state index contributed by atoms with van der Waals surface area (Å²) in [5, 5.41) is 3.51. The first-order valence-electron chi connectivity index (χ1n) is 7.24. The summed E-state index contributed by atoms with van der Waals surface area (Å²) in [6.07, 6.45) is 4.00. The first kappa shape index (κ1) is 15.1. The predicted molar refractivity (Wildman–Crippen MR) is 76.6 cm³/mol. The molecule has 1 N–H and O–H groups in total. The van der Waals surface area contributed by atoms with Gasteiger partial charge in [0.2, 0.25) is 0 Å². The number of carbonyl (C=O) groups is 1. The third-order valence-corrected chi connectivity index (χ3v) is 3.84. The van der Waals surface area contributed by atoms with Gasteiger partial charge < -0.3 is 14.5 Å². The topological polar surface area (TPSA) is 54.7 Å². The summed E-state index contributed by atoms with van der Waals surface area (Å²) in [5.41, 5.74) is 0.525. The van der Waals surface area contributed by atoms with Crippen LogP contribution in [0.4, 0.5) is 0 Å². The van der Waals surface area contributed by atoms with Crippen molar-refractivity contribution in [1.82, 2.24) is 10.2 Å². The van der Waals surface area contributed by atoms with Crippen molar-refractivity contribution in [2.75, 3.05) is 20.2 Å². The highest BCUT2D eigenvalue weighted by Gasteiger charge is 2.23. The Balaban J connectivity index is 2.04. The molecular formula is C15H24N2O3. The van der Waals surface area contributed by atoms with Gasteiger partial charge in [-0.05, 0) is 39.3 Å². The molecule has 0 amide bonds. The largest absolute Gasteiger partial charge is 0.467 e. The van der Waals surface area contributed by atoms with Gasteiger partial charge in [-0.2, -0.15) is 0 Å². The zero-order valence-corrected chi connectivity index (χ0v) is 12.5. The molecular weight excluding hydrogens is 256 g/mol. The molecule has 1 aromatic heterocycles.